The number of esters is 1. The SMILES string of the molecule is CCOC(=O)CN1C(=O)S/C(=C/c2ccc(OCc3cccc(C)c3)c(I)c2)C1=O. The van der Waals surface area contributed by atoms with Gasteiger partial charge in [0.2, 0.25) is 0 Å². The minimum absolute atomic E-state index is 0.196. The smallest absolute Gasteiger partial charge is 0.326 e. The van der Waals surface area contributed by atoms with E-state index in [0.717, 1.165) is 37.1 Å². The van der Waals surface area contributed by atoms with E-state index in [1.807, 2.05) is 43.3 Å². The van der Waals surface area contributed by atoms with Crippen LogP contribution in [0.3, 0.4) is 0 Å². The molecule has 2 aromatic rings. The molecule has 0 saturated carbocycles. The third-order valence-electron chi connectivity index (χ3n) is 4.20. The van der Waals surface area contributed by atoms with Crippen LogP contribution in [0.15, 0.2) is 47.4 Å². The van der Waals surface area contributed by atoms with Crippen LogP contribution in [-0.4, -0.2) is 35.2 Å². The van der Waals surface area contributed by atoms with Crippen molar-refractivity contribution in [1.29, 1.82) is 0 Å². The van der Waals surface area contributed by atoms with Gasteiger partial charge in [-0.05, 0) is 77.5 Å². The van der Waals surface area contributed by atoms with Crippen molar-refractivity contribution in [3.63, 3.8) is 0 Å². The Morgan fingerprint density at radius 1 is 1.20 bits per heavy atom. The lowest BCUT2D eigenvalue weighted by atomic mass is 10.1. The quantitative estimate of drug-likeness (QED) is 0.288. The molecule has 0 bridgehead atoms. The summed E-state index contributed by atoms with van der Waals surface area (Å²) in [7, 11) is 0. The van der Waals surface area contributed by atoms with E-state index in [2.05, 4.69) is 28.7 Å². The van der Waals surface area contributed by atoms with Crippen molar-refractivity contribution in [2.24, 2.45) is 0 Å². The average molecular weight is 537 g/mol. The second kappa shape index (κ2) is 10.1. The Balaban J connectivity index is 1.68. The first kappa shape index (κ1) is 22.4. The van der Waals surface area contributed by atoms with Crippen LogP contribution in [0.25, 0.3) is 6.08 Å². The molecule has 1 fully saturated rings. The van der Waals surface area contributed by atoms with Crippen LogP contribution in [0.1, 0.15) is 23.6 Å². The molecule has 1 aliphatic heterocycles. The lowest BCUT2D eigenvalue weighted by molar-refractivity contribution is -0.145. The van der Waals surface area contributed by atoms with Gasteiger partial charge in [-0.25, -0.2) is 0 Å². The monoisotopic (exact) mass is 537 g/mol. The van der Waals surface area contributed by atoms with Gasteiger partial charge in [-0.3, -0.25) is 19.3 Å². The standard InChI is InChI=1S/C22H20INO5S/c1-3-28-20(25)12-24-21(26)19(30-22(24)27)11-15-7-8-18(17(23)10-15)29-13-16-6-4-5-14(2)9-16/h4-11H,3,12-13H2,1-2H3/b19-11+. The molecule has 1 aliphatic rings. The van der Waals surface area contributed by atoms with Crippen LogP contribution in [0, 0.1) is 10.5 Å². The summed E-state index contributed by atoms with van der Waals surface area (Å²) in [5, 5.41) is -0.480. The van der Waals surface area contributed by atoms with E-state index in [1.54, 1.807) is 13.0 Å². The Hall–Kier alpha value is -2.33. The number of hydrogen-bond donors (Lipinski definition) is 0. The molecule has 8 heteroatoms. The molecule has 1 saturated heterocycles. The van der Waals surface area contributed by atoms with E-state index in [1.165, 1.54) is 5.56 Å². The third kappa shape index (κ3) is 5.63. The zero-order valence-electron chi connectivity index (χ0n) is 16.5. The predicted octanol–water partition coefficient (Wildman–Crippen LogP) is 4.78. The summed E-state index contributed by atoms with van der Waals surface area (Å²) >= 11 is 2.99. The molecule has 3 rings (SSSR count). The molecular formula is C22H20INO5S. The number of ether oxygens (including phenoxy) is 2. The second-order valence-electron chi connectivity index (χ2n) is 6.54. The highest BCUT2D eigenvalue weighted by atomic mass is 127. The maximum absolute atomic E-state index is 12.5. The van der Waals surface area contributed by atoms with Gasteiger partial charge in [-0.2, -0.15) is 0 Å². The summed E-state index contributed by atoms with van der Waals surface area (Å²) in [5.74, 6) is -0.358. The predicted molar refractivity (Wildman–Crippen MR) is 124 cm³/mol. The molecule has 30 heavy (non-hydrogen) atoms. The van der Waals surface area contributed by atoms with Crippen molar-refractivity contribution in [2.45, 2.75) is 20.5 Å². The summed E-state index contributed by atoms with van der Waals surface area (Å²) in [4.78, 5) is 37.3. The Kier molecular flexibility index (Phi) is 7.54. The first-order valence-corrected chi connectivity index (χ1v) is 11.2. The number of thioether (sulfide) groups is 1. The van der Waals surface area contributed by atoms with Gasteiger partial charge in [0.25, 0.3) is 11.1 Å². The number of halogens is 1. The minimum Gasteiger partial charge on any atom is -0.488 e. The number of amides is 2. The number of imide groups is 1. The number of hydrogen-bond acceptors (Lipinski definition) is 6. The van der Waals surface area contributed by atoms with E-state index in [-0.39, 0.29) is 18.1 Å². The molecule has 6 nitrogen and oxygen atoms in total. The molecule has 2 amide bonds. The zero-order chi connectivity index (χ0) is 21.7. The van der Waals surface area contributed by atoms with Crippen molar-refractivity contribution in [1.82, 2.24) is 4.90 Å². The van der Waals surface area contributed by atoms with Crippen molar-refractivity contribution in [3.8, 4) is 5.75 Å². The molecule has 1 heterocycles. The molecule has 2 aromatic carbocycles. The Morgan fingerprint density at radius 2 is 2.00 bits per heavy atom. The molecule has 0 unspecified atom stereocenters. The lowest BCUT2D eigenvalue weighted by Gasteiger charge is -2.11. The zero-order valence-corrected chi connectivity index (χ0v) is 19.5. The molecule has 156 valence electrons. The van der Waals surface area contributed by atoms with Gasteiger partial charge in [-0.15, -0.1) is 0 Å². The van der Waals surface area contributed by atoms with Crippen LogP contribution >= 0.6 is 34.4 Å². The molecule has 0 N–H and O–H groups in total. The maximum Gasteiger partial charge on any atom is 0.326 e. The number of carbonyl (C=O) groups is 3. The van der Waals surface area contributed by atoms with E-state index in [4.69, 9.17) is 9.47 Å². The molecule has 0 aromatic heterocycles. The van der Waals surface area contributed by atoms with Gasteiger partial charge in [0, 0.05) is 0 Å². The molecule has 0 aliphatic carbocycles. The van der Waals surface area contributed by atoms with Crippen molar-refractivity contribution < 1.29 is 23.9 Å². The third-order valence-corrected chi connectivity index (χ3v) is 5.95. The highest BCUT2D eigenvalue weighted by Gasteiger charge is 2.36. The van der Waals surface area contributed by atoms with Crippen LogP contribution < -0.4 is 4.74 Å². The fraction of sp³-hybridized carbons (Fsp3) is 0.227. The van der Waals surface area contributed by atoms with Gasteiger partial charge in [0.15, 0.2) is 0 Å². The first-order valence-electron chi connectivity index (χ1n) is 9.26. The average Bonchev–Trinajstić information content (AvgIpc) is 2.95. The fourth-order valence-electron chi connectivity index (χ4n) is 2.81. The van der Waals surface area contributed by atoms with Gasteiger partial charge in [0.05, 0.1) is 15.1 Å². The highest BCUT2D eigenvalue weighted by Crippen LogP contribution is 2.33. The summed E-state index contributed by atoms with van der Waals surface area (Å²) in [6, 6.07) is 13.7. The number of rotatable bonds is 7. The van der Waals surface area contributed by atoms with Gasteiger partial charge >= 0.3 is 5.97 Å². The van der Waals surface area contributed by atoms with Crippen molar-refractivity contribution in [2.75, 3.05) is 13.2 Å². The molecule has 0 atom stereocenters. The summed E-state index contributed by atoms with van der Waals surface area (Å²) in [5.41, 5.74) is 3.03. The number of nitrogens with zero attached hydrogens (tertiary/aromatic N) is 1. The van der Waals surface area contributed by atoms with Gasteiger partial charge in [0.1, 0.15) is 18.9 Å². The van der Waals surface area contributed by atoms with Gasteiger partial charge < -0.3 is 9.47 Å². The summed E-state index contributed by atoms with van der Waals surface area (Å²) in [6.45, 7) is 3.99. The Bertz CT molecular complexity index is 1020. The van der Waals surface area contributed by atoms with E-state index < -0.39 is 17.1 Å². The van der Waals surface area contributed by atoms with E-state index >= 15 is 0 Å². The van der Waals surface area contributed by atoms with E-state index in [0.29, 0.717) is 6.61 Å². The minimum atomic E-state index is -0.606. The Morgan fingerprint density at radius 3 is 2.70 bits per heavy atom. The van der Waals surface area contributed by atoms with Crippen LogP contribution in [0.4, 0.5) is 4.79 Å². The molecule has 0 spiro atoms. The van der Waals surface area contributed by atoms with Crippen molar-refractivity contribution >= 4 is 57.5 Å². The van der Waals surface area contributed by atoms with Crippen LogP contribution in [-0.2, 0) is 20.9 Å². The number of carbonyl (C=O) groups excluding carboxylic acids is 3. The first-order chi connectivity index (χ1) is 14.4. The normalized spacial score (nSPS) is 15.0. The molecule has 0 radical (unpaired) electrons. The van der Waals surface area contributed by atoms with Crippen LogP contribution in [0.5, 0.6) is 5.75 Å². The fourth-order valence-corrected chi connectivity index (χ4v) is 4.34. The lowest BCUT2D eigenvalue weighted by Crippen LogP contribution is -2.34. The maximum atomic E-state index is 12.5. The van der Waals surface area contributed by atoms with E-state index in [9.17, 15) is 14.4 Å². The van der Waals surface area contributed by atoms with Crippen LogP contribution in [0.2, 0.25) is 0 Å². The topological polar surface area (TPSA) is 72.9 Å². The summed E-state index contributed by atoms with van der Waals surface area (Å²) in [6.07, 6.45) is 1.64. The Labute approximate surface area is 192 Å². The number of aryl methyl sites for hydroxylation is 1. The van der Waals surface area contributed by atoms with Gasteiger partial charge in [-0.1, -0.05) is 35.9 Å². The van der Waals surface area contributed by atoms with Crippen molar-refractivity contribution in [3.05, 3.63) is 67.6 Å². The number of benzene rings is 2. The second-order valence-corrected chi connectivity index (χ2v) is 8.70. The highest BCUT2D eigenvalue weighted by molar-refractivity contribution is 14.1. The summed E-state index contributed by atoms with van der Waals surface area (Å²) < 4.78 is 11.6. The molecular weight excluding hydrogens is 517 g/mol. The largest absolute Gasteiger partial charge is 0.488 e.